The van der Waals surface area contributed by atoms with Crippen molar-refractivity contribution in [1.29, 1.82) is 0 Å². The quantitative estimate of drug-likeness (QED) is 0.839. The highest BCUT2D eigenvalue weighted by Crippen LogP contribution is 2.19. The Morgan fingerprint density at radius 1 is 1.37 bits per heavy atom. The molecule has 0 aliphatic carbocycles. The van der Waals surface area contributed by atoms with Crippen molar-refractivity contribution in [2.45, 2.75) is 20.4 Å². The van der Waals surface area contributed by atoms with Gasteiger partial charge in [0.15, 0.2) is 0 Å². The van der Waals surface area contributed by atoms with E-state index in [0.29, 0.717) is 12.5 Å². The van der Waals surface area contributed by atoms with Gasteiger partial charge in [0.25, 0.3) is 0 Å². The molecule has 0 amide bonds. The Morgan fingerprint density at radius 3 is 2.79 bits per heavy atom. The van der Waals surface area contributed by atoms with Crippen molar-refractivity contribution in [2.24, 2.45) is 5.92 Å². The van der Waals surface area contributed by atoms with Gasteiger partial charge < -0.3 is 10.1 Å². The van der Waals surface area contributed by atoms with E-state index in [1.807, 2.05) is 29.3 Å². The highest BCUT2D eigenvalue weighted by Gasteiger charge is 2.14. The second-order valence-electron chi connectivity index (χ2n) is 5.32. The average Bonchev–Trinajstić information content (AvgIpc) is 2.71. The summed E-state index contributed by atoms with van der Waals surface area (Å²) in [5.74, 6) is -0.329. The monoisotopic (exact) mass is 260 g/mol. The minimum atomic E-state index is -0.777. The summed E-state index contributed by atoms with van der Waals surface area (Å²) >= 11 is 0. The zero-order valence-electron chi connectivity index (χ0n) is 11.4. The van der Waals surface area contributed by atoms with Crippen LogP contribution in [0.1, 0.15) is 19.4 Å². The number of carboxylic acid groups (broad SMARTS) is 1. The number of para-hydroxylation sites is 1. The van der Waals surface area contributed by atoms with E-state index in [-0.39, 0.29) is 6.54 Å². The first kappa shape index (κ1) is 13.6. The van der Waals surface area contributed by atoms with Gasteiger partial charge in [0, 0.05) is 30.2 Å². The second kappa shape index (κ2) is 5.89. The van der Waals surface area contributed by atoms with Crippen LogP contribution in [0.2, 0.25) is 0 Å². The van der Waals surface area contributed by atoms with Gasteiger partial charge in [-0.3, -0.25) is 9.69 Å². The number of aromatic nitrogens is 1. The van der Waals surface area contributed by atoms with Crippen LogP contribution in [0.5, 0.6) is 0 Å². The molecule has 0 radical (unpaired) electrons. The van der Waals surface area contributed by atoms with Crippen molar-refractivity contribution in [3.05, 3.63) is 36.0 Å². The molecular weight excluding hydrogens is 240 g/mol. The molecule has 1 aromatic heterocycles. The van der Waals surface area contributed by atoms with Crippen LogP contribution >= 0.6 is 0 Å². The Balaban J connectivity index is 2.18. The van der Waals surface area contributed by atoms with E-state index in [9.17, 15) is 4.79 Å². The number of nitrogens with zero attached hydrogens (tertiary/aromatic N) is 1. The normalized spacial score (nSPS) is 11.6. The summed E-state index contributed by atoms with van der Waals surface area (Å²) in [4.78, 5) is 16.1. The molecule has 19 heavy (non-hydrogen) atoms. The third-order valence-corrected chi connectivity index (χ3v) is 3.05. The van der Waals surface area contributed by atoms with E-state index < -0.39 is 5.97 Å². The molecule has 1 aromatic carbocycles. The summed E-state index contributed by atoms with van der Waals surface area (Å²) in [5.41, 5.74) is 2.25. The third-order valence-electron chi connectivity index (χ3n) is 3.05. The maximum atomic E-state index is 10.9. The smallest absolute Gasteiger partial charge is 0.317 e. The van der Waals surface area contributed by atoms with Crippen LogP contribution in [0, 0.1) is 5.92 Å². The van der Waals surface area contributed by atoms with Crippen LogP contribution in [0.15, 0.2) is 30.5 Å². The van der Waals surface area contributed by atoms with Gasteiger partial charge >= 0.3 is 5.97 Å². The molecule has 0 spiro atoms. The molecule has 0 unspecified atom stereocenters. The highest BCUT2D eigenvalue weighted by atomic mass is 16.4. The molecule has 2 aromatic rings. The largest absolute Gasteiger partial charge is 0.480 e. The van der Waals surface area contributed by atoms with Crippen molar-refractivity contribution in [3.8, 4) is 0 Å². The molecule has 4 nitrogen and oxygen atoms in total. The molecule has 102 valence electrons. The molecule has 0 fully saturated rings. The molecular formula is C15H20N2O2. The molecule has 0 aliphatic rings. The molecule has 1 heterocycles. The lowest BCUT2D eigenvalue weighted by atomic mass is 10.1. The summed E-state index contributed by atoms with van der Waals surface area (Å²) in [7, 11) is 0. The standard InChI is InChI=1S/C15H20N2O2/c1-11(2)8-17(10-15(18)19)9-12-7-16-14-6-4-3-5-13(12)14/h3-7,11,16H,8-10H2,1-2H3,(H,18,19). The fourth-order valence-corrected chi connectivity index (χ4v) is 2.40. The average molecular weight is 260 g/mol. The fourth-order valence-electron chi connectivity index (χ4n) is 2.40. The molecule has 0 bridgehead atoms. The predicted octanol–water partition coefficient (Wildman–Crippen LogP) is 2.71. The number of nitrogens with one attached hydrogen (secondary N) is 1. The van der Waals surface area contributed by atoms with E-state index in [1.165, 1.54) is 5.39 Å². The Morgan fingerprint density at radius 2 is 2.11 bits per heavy atom. The van der Waals surface area contributed by atoms with Crippen molar-refractivity contribution in [1.82, 2.24) is 9.88 Å². The summed E-state index contributed by atoms with van der Waals surface area (Å²) in [5, 5.41) is 10.2. The molecule has 0 saturated heterocycles. The van der Waals surface area contributed by atoms with Crippen molar-refractivity contribution < 1.29 is 9.90 Å². The number of H-pyrrole nitrogens is 1. The van der Waals surface area contributed by atoms with Gasteiger partial charge in [0.2, 0.25) is 0 Å². The van der Waals surface area contributed by atoms with Crippen LogP contribution < -0.4 is 0 Å². The second-order valence-corrected chi connectivity index (χ2v) is 5.32. The molecule has 2 rings (SSSR count). The maximum Gasteiger partial charge on any atom is 0.317 e. The van der Waals surface area contributed by atoms with E-state index in [0.717, 1.165) is 17.6 Å². The molecule has 2 N–H and O–H groups in total. The third kappa shape index (κ3) is 3.58. The first-order valence-corrected chi connectivity index (χ1v) is 6.55. The molecule has 4 heteroatoms. The van der Waals surface area contributed by atoms with Gasteiger partial charge in [-0.05, 0) is 17.5 Å². The Hall–Kier alpha value is -1.81. The van der Waals surface area contributed by atoms with Gasteiger partial charge in [0.05, 0.1) is 6.54 Å². The number of fused-ring (bicyclic) bond motifs is 1. The summed E-state index contributed by atoms with van der Waals surface area (Å²) in [6.07, 6.45) is 1.97. The van der Waals surface area contributed by atoms with Crippen LogP contribution in [0.3, 0.4) is 0 Å². The first-order chi connectivity index (χ1) is 9.06. The van der Waals surface area contributed by atoms with Gasteiger partial charge in [0.1, 0.15) is 0 Å². The topological polar surface area (TPSA) is 56.3 Å². The van der Waals surface area contributed by atoms with Gasteiger partial charge in [-0.15, -0.1) is 0 Å². The number of carboxylic acids is 1. The predicted molar refractivity (Wildman–Crippen MR) is 76.0 cm³/mol. The zero-order chi connectivity index (χ0) is 13.8. The number of benzene rings is 1. The number of aromatic amines is 1. The lowest BCUT2D eigenvalue weighted by molar-refractivity contribution is -0.138. The van der Waals surface area contributed by atoms with E-state index in [1.54, 1.807) is 0 Å². The number of rotatable bonds is 6. The van der Waals surface area contributed by atoms with Gasteiger partial charge in [-0.25, -0.2) is 0 Å². The number of hydrogen-bond donors (Lipinski definition) is 2. The maximum absolute atomic E-state index is 10.9. The van der Waals surface area contributed by atoms with E-state index in [2.05, 4.69) is 24.9 Å². The molecule has 0 saturated carbocycles. The first-order valence-electron chi connectivity index (χ1n) is 6.55. The van der Waals surface area contributed by atoms with Crippen LogP contribution in [0.25, 0.3) is 10.9 Å². The number of hydrogen-bond acceptors (Lipinski definition) is 2. The van der Waals surface area contributed by atoms with E-state index in [4.69, 9.17) is 5.11 Å². The fraction of sp³-hybridized carbons (Fsp3) is 0.400. The lowest BCUT2D eigenvalue weighted by Gasteiger charge is -2.22. The summed E-state index contributed by atoms with van der Waals surface area (Å²) in [6.45, 7) is 5.73. The number of carbonyl (C=O) groups is 1. The SMILES string of the molecule is CC(C)CN(CC(=O)O)Cc1c[nH]c2ccccc12. The van der Waals surface area contributed by atoms with Crippen molar-refractivity contribution in [3.63, 3.8) is 0 Å². The highest BCUT2D eigenvalue weighted by molar-refractivity contribution is 5.83. The van der Waals surface area contributed by atoms with Crippen molar-refractivity contribution >= 4 is 16.9 Å². The van der Waals surface area contributed by atoms with Crippen LogP contribution in [-0.2, 0) is 11.3 Å². The minimum Gasteiger partial charge on any atom is -0.480 e. The Kier molecular flexibility index (Phi) is 4.22. The van der Waals surface area contributed by atoms with Gasteiger partial charge in [-0.2, -0.15) is 0 Å². The van der Waals surface area contributed by atoms with Crippen LogP contribution in [-0.4, -0.2) is 34.0 Å². The minimum absolute atomic E-state index is 0.0810. The molecule has 0 atom stereocenters. The summed E-state index contributed by atoms with van der Waals surface area (Å²) in [6, 6.07) is 8.09. The summed E-state index contributed by atoms with van der Waals surface area (Å²) < 4.78 is 0. The molecule has 0 aliphatic heterocycles. The Bertz CT molecular complexity index is 560. The van der Waals surface area contributed by atoms with E-state index >= 15 is 0 Å². The lowest BCUT2D eigenvalue weighted by Crippen LogP contribution is -2.32. The number of aliphatic carboxylic acids is 1. The van der Waals surface area contributed by atoms with Crippen molar-refractivity contribution in [2.75, 3.05) is 13.1 Å². The Labute approximate surface area is 113 Å². The van der Waals surface area contributed by atoms with Crippen LogP contribution in [0.4, 0.5) is 0 Å². The zero-order valence-corrected chi connectivity index (χ0v) is 11.4. The van der Waals surface area contributed by atoms with Gasteiger partial charge in [-0.1, -0.05) is 32.0 Å².